The predicted octanol–water partition coefficient (Wildman–Crippen LogP) is 6.13. The number of hydrogen-bond acceptors (Lipinski definition) is 2. The van der Waals surface area contributed by atoms with Crippen LogP contribution in [0, 0.1) is 0 Å². The minimum Gasteiger partial charge on any atom is -0.428 e. The van der Waals surface area contributed by atoms with E-state index in [1.54, 1.807) is 0 Å². The quantitative estimate of drug-likeness (QED) is 0.336. The van der Waals surface area contributed by atoms with Gasteiger partial charge in [0.15, 0.2) is 5.78 Å². The number of rotatable bonds is 6. The van der Waals surface area contributed by atoms with Crippen LogP contribution in [0.15, 0.2) is 48.5 Å². The molecule has 2 aromatic carbocycles. The molecule has 0 spiro atoms. The van der Waals surface area contributed by atoms with Crippen LogP contribution in [0.2, 0.25) is 10.0 Å². The Kier molecular flexibility index (Phi) is 6.08. The molecule has 0 fully saturated rings. The van der Waals surface area contributed by atoms with Gasteiger partial charge in [-0.1, -0.05) is 41.4 Å². The van der Waals surface area contributed by atoms with Gasteiger partial charge < -0.3 is 4.74 Å². The Balaban J connectivity index is 2.16. The third-order valence-corrected chi connectivity index (χ3v) is 3.54. The molecule has 0 N–H and O–H groups in total. The van der Waals surface area contributed by atoms with E-state index >= 15 is 0 Å². The first kappa shape index (κ1) is 19.3. The first-order valence-corrected chi connectivity index (χ1v) is 7.57. The largest absolute Gasteiger partial charge is 0.461 e. The molecule has 132 valence electrons. The van der Waals surface area contributed by atoms with Gasteiger partial charge in [0.25, 0.3) is 0 Å². The first-order chi connectivity index (χ1) is 11.7. The van der Waals surface area contributed by atoms with Crippen LogP contribution in [0.25, 0.3) is 6.08 Å². The number of ketones is 1. The highest BCUT2D eigenvalue weighted by molar-refractivity contribution is 6.37. The summed E-state index contributed by atoms with van der Waals surface area (Å²) in [4.78, 5) is 12.1. The number of halogens is 6. The Labute approximate surface area is 150 Å². The zero-order valence-electron chi connectivity index (χ0n) is 12.4. The normalized spacial score (nSPS) is 12.0. The van der Waals surface area contributed by atoms with Crippen LogP contribution >= 0.6 is 23.2 Å². The number of alkyl halides is 4. The van der Waals surface area contributed by atoms with E-state index < -0.39 is 24.1 Å². The number of ether oxygens (including phenoxy) is 1. The van der Waals surface area contributed by atoms with E-state index in [0.717, 1.165) is 12.1 Å². The summed E-state index contributed by atoms with van der Waals surface area (Å²) in [5.74, 6) is -0.893. The van der Waals surface area contributed by atoms with Gasteiger partial charge in [-0.3, -0.25) is 4.79 Å². The van der Waals surface area contributed by atoms with Crippen LogP contribution in [0.4, 0.5) is 17.6 Å². The van der Waals surface area contributed by atoms with Crippen molar-refractivity contribution >= 4 is 35.1 Å². The summed E-state index contributed by atoms with van der Waals surface area (Å²) in [6.07, 6.45) is -6.07. The van der Waals surface area contributed by atoms with Crippen molar-refractivity contribution in [2.45, 2.75) is 12.5 Å². The Hall–Kier alpha value is -2.05. The van der Waals surface area contributed by atoms with Gasteiger partial charge in [0.1, 0.15) is 5.75 Å². The fourth-order valence-electron chi connectivity index (χ4n) is 1.83. The molecule has 0 bridgehead atoms. The molecule has 0 amide bonds. The zero-order valence-corrected chi connectivity index (χ0v) is 13.9. The van der Waals surface area contributed by atoms with Crippen LogP contribution in [-0.2, 0) is 0 Å². The molecular formula is C17H10Cl2F4O2. The van der Waals surface area contributed by atoms with Crippen LogP contribution in [0.3, 0.4) is 0 Å². The van der Waals surface area contributed by atoms with Gasteiger partial charge in [-0.15, -0.1) is 0 Å². The number of hydrogen-bond donors (Lipinski definition) is 0. The number of carbonyl (C=O) groups is 1. The van der Waals surface area contributed by atoms with Gasteiger partial charge in [0.2, 0.25) is 0 Å². The smallest absolute Gasteiger partial charge is 0.428 e. The molecule has 2 aromatic rings. The third kappa shape index (κ3) is 5.21. The van der Waals surface area contributed by atoms with Crippen molar-refractivity contribution in [1.82, 2.24) is 0 Å². The van der Waals surface area contributed by atoms with Crippen LogP contribution < -0.4 is 4.74 Å². The predicted molar refractivity (Wildman–Crippen MR) is 87.8 cm³/mol. The van der Waals surface area contributed by atoms with E-state index in [1.165, 1.54) is 42.5 Å². The molecule has 0 aliphatic rings. The second-order valence-corrected chi connectivity index (χ2v) is 5.70. The lowest BCUT2D eigenvalue weighted by Crippen LogP contribution is -2.33. The van der Waals surface area contributed by atoms with Gasteiger partial charge in [-0.25, -0.2) is 0 Å². The third-order valence-electron chi connectivity index (χ3n) is 2.99. The monoisotopic (exact) mass is 392 g/mol. The lowest BCUT2D eigenvalue weighted by atomic mass is 10.1. The van der Waals surface area contributed by atoms with Crippen molar-refractivity contribution in [3.05, 3.63) is 69.7 Å². The summed E-state index contributed by atoms with van der Waals surface area (Å²) in [6.45, 7) is 0. The maximum atomic E-state index is 12.9. The summed E-state index contributed by atoms with van der Waals surface area (Å²) in [6, 6.07) is 9.37. The Bertz CT molecular complexity index is 807. The van der Waals surface area contributed by atoms with Gasteiger partial charge >= 0.3 is 12.5 Å². The maximum Gasteiger partial charge on any atom is 0.461 e. The number of carbonyl (C=O) groups excluding carboxylic acids is 1. The fraction of sp³-hybridized carbons (Fsp3) is 0.118. The topological polar surface area (TPSA) is 26.3 Å². The fourth-order valence-corrected chi connectivity index (χ4v) is 2.34. The van der Waals surface area contributed by atoms with Gasteiger partial charge in [0, 0.05) is 10.6 Å². The van der Waals surface area contributed by atoms with Gasteiger partial charge in [0.05, 0.1) is 5.02 Å². The number of allylic oxidation sites excluding steroid dienone is 1. The van der Waals surface area contributed by atoms with Crippen molar-refractivity contribution in [2.75, 3.05) is 0 Å². The van der Waals surface area contributed by atoms with Crippen LogP contribution in [0.5, 0.6) is 5.75 Å². The second kappa shape index (κ2) is 7.89. The van der Waals surface area contributed by atoms with Crippen LogP contribution in [0.1, 0.15) is 15.9 Å². The van der Waals surface area contributed by atoms with Crippen molar-refractivity contribution < 1.29 is 27.1 Å². The van der Waals surface area contributed by atoms with Crippen molar-refractivity contribution in [2.24, 2.45) is 0 Å². The van der Waals surface area contributed by atoms with Crippen molar-refractivity contribution in [3.63, 3.8) is 0 Å². The zero-order chi connectivity index (χ0) is 18.6. The summed E-state index contributed by atoms with van der Waals surface area (Å²) in [5, 5.41) is 0.533. The SMILES string of the molecule is O=C(/C=C/c1cccc(OC(F)(F)C(F)F)c1)c1ccc(Cl)cc1Cl. The molecule has 0 aliphatic heterocycles. The van der Waals surface area contributed by atoms with E-state index in [4.69, 9.17) is 23.2 Å². The lowest BCUT2D eigenvalue weighted by Gasteiger charge is -2.16. The van der Waals surface area contributed by atoms with Crippen LogP contribution in [-0.4, -0.2) is 18.3 Å². The Morgan fingerprint density at radius 1 is 1.12 bits per heavy atom. The average Bonchev–Trinajstić information content (AvgIpc) is 2.52. The molecule has 2 nitrogen and oxygen atoms in total. The molecular weight excluding hydrogens is 383 g/mol. The Morgan fingerprint density at radius 2 is 1.84 bits per heavy atom. The summed E-state index contributed by atoms with van der Waals surface area (Å²) in [5.41, 5.74) is 0.514. The summed E-state index contributed by atoms with van der Waals surface area (Å²) < 4.78 is 54.1. The molecule has 0 unspecified atom stereocenters. The Morgan fingerprint density at radius 3 is 2.48 bits per heavy atom. The molecule has 0 saturated carbocycles. The highest BCUT2D eigenvalue weighted by atomic mass is 35.5. The van der Waals surface area contributed by atoms with Gasteiger partial charge in [-0.05, 0) is 42.0 Å². The minimum atomic E-state index is -4.60. The molecule has 25 heavy (non-hydrogen) atoms. The molecule has 0 aliphatic carbocycles. The molecule has 8 heteroatoms. The van der Waals surface area contributed by atoms with Gasteiger partial charge in [-0.2, -0.15) is 17.6 Å². The van der Waals surface area contributed by atoms with E-state index in [2.05, 4.69) is 4.74 Å². The highest BCUT2D eigenvalue weighted by Crippen LogP contribution is 2.28. The van der Waals surface area contributed by atoms with Crippen molar-refractivity contribution in [1.29, 1.82) is 0 Å². The molecule has 0 heterocycles. The first-order valence-electron chi connectivity index (χ1n) is 6.81. The van der Waals surface area contributed by atoms with E-state index in [-0.39, 0.29) is 10.6 Å². The molecule has 0 radical (unpaired) electrons. The summed E-state index contributed by atoms with van der Waals surface area (Å²) in [7, 11) is 0. The summed E-state index contributed by atoms with van der Waals surface area (Å²) >= 11 is 11.7. The van der Waals surface area contributed by atoms with E-state index in [0.29, 0.717) is 10.6 Å². The average molecular weight is 393 g/mol. The number of benzene rings is 2. The van der Waals surface area contributed by atoms with E-state index in [1.807, 2.05) is 0 Å². The molecule has 0 aromatic heterocycles. The standard InChI is InChI=1S/C17H10Cl2F4O2/c18-11-5-6-13(14(19)9-11)15(24)7-4-10-2-1-3-12(8-10)25-17(22,23)16(20)21/h1-9,16H/b7-4+. The highest BCUT2D eigenvalue weighted by Gasteiger charge is 2.43. The maximum absolute atomic E-state index is 12.9. The molecule has 0 atom stereocenters. The second-order valence-electron chi connectivity index (χ2n) is 4.86. The molecule has 0 saturated heterocycles. The van der Waals surface area contributed by atoms with E-state index in [9.17, 15) is 22.4 Å². The van der Waals surface area contributed by atoms with Crippen molar-refractivity contribution in [3.8, 4) is 5.75 Å². The minimum absolute atomic E-state index is 0.163. The lowest BCUT2D eigenvalue weighted by molar-refractivity contribution is -0.253. The molecule has 2 rings (SSSR count).